The number of nitrogens with zero attached hydrogens (tertiary/aromatic N) is 3. The van der Waals surface area contributed by atoms with E-state index < -0.39 is 69.8 Å². The molecule has 0 amide bonds. The van der Waals surface area contributed by atoms with E-state index in [9.17, 15) is 29.4 Å². The van der Waals surface area contributed by atoms with Crippen LogP contribution < -0.4 is 5.32 Å². The Bertz CT molecular complexity index is 1210. The quantitative estimate of drug-likeness (QED) is 0.175. The number of anilines is 1. The van der Waals surface area contributed by atoms with Gasteiger partial charge in [-0.2, -0.15) is 4.98 Å². The molecule has 3 heterocycles. The maximum absolute atomic E-state index is 12.3. The highest BCUT2D eigenvalue weighted by molar-refractivity contribution is 7.53. The number of aromatic nitrogens is 3. The van der Waals surface area contributed by atoms with Crippen molar-refractivity contribution in [2.75, 3.05) is 38.9 Å². The number of rotatable bonds is 13. The summed E-state index contributed by atoms with van der Waals surface area (Å²) in [5, 5.41) is 35.5. The van der Waals surface area contributed by atoms with E-state index in [1.165, 1.54) is 11.6 Å². The van der Waals surface area contributed by atoms with Crippen LogP contribution in [0.25, 0.3) is 5.52 Å². The summed E-state index contributed by atoms with van der Waals surface area (Å²) in [6.07, 6.45) is -1.06. The molecule has 0 bridgehead atoms. The van der Waals surface area contributed by atoms with E-state index in [-0.39, 0.29) is 11.3 Å². The van der Waals surface area contributed by atoms with Gasteiger partial charge in [0.25, 0.3) is 0 Å². The zero-order valence-electron chi connectivity index (χ0n) is 21.1. The lowest BCUT2D eigenvalue weighted by Gasteiger charge is -2.34. The molecule has 1 saturated heterocycles. The zero-order valence-corrected chi connectivity index (χ0v) is 22.7. The molecular formula is C22H32ClN4O11P. The standard InChI is InChI=1S/C22H32ClN4O11P/c1-35-10-22(39(32,33)34,11-36-9-16(28)29)37-8-15-17(30)18(31)19(38-15)13-6-7-14-20(24-12-4-2-3-5-12)25-21(23)26-27(13)14/h6-7,12,15,17-19,30-31H,2-5,8-11H2,1H3,(H,28,29)(H,24,25,26)(H2,32,33,34)/t15-,17-,18-,19+,22?/m1/s1. The van der Waals surface area contributed by atoms with Gasteiger partial charge < -0.3 is 49.4 Å². The fourth-order valence-corrected chi connectivity index (χ4v) is 5.80. The molecule has 1 aliphatic carbocycles. The normalized spacial score (nSPS) is 25.8. The smallest absolute Gasteiger partial charge is 0.361 e. The third-order valence-corrected chi connectivity index (χ3v) is 8.44. The van der Waals surface area contributed by atoms with E-state index in [2.05, 4.69) is 15.4 Å². The first-order chi connectivity index (χ1) is 18.5. The number of hydrogen-bond acceptors (Lipinski definition) is 11. The van der Waals surface area contributed by atoms with Crippen molar-refractivity contribution < 1.29 is 53.4 Å². The summed E-state index contributed by atoms with van der Waals surface area (Å²) in [7, 11) is -3.93. The summed E-state index contributed by atoms with van der Waals surface area (Å²) < 4.78 is 35.0. The fourth-order valence-electron chi connectivity index (χ4n) is 4.84. The number of methoxy groups -OCH3 is 1. The Balaban J connectivity index is 1.53. The average molecular weight is 595 g/mol. The van der Waals surface area contributed by atoms with Gasteiger partial charge >= 0.3 is 13.6 Å². The lowest BCUT2D eigenvalue weighted by atomic mass is 10.1. The summed E-state index contributed by atoms with van der Waals surface area (Å²) in [6.45, 7) is -2.89. The summed E-state index contributed by atoms with van der Waals surface area (Å²) in [5.41, 5.74) is 0.947. The first kappa shape index (κ1) is 30.1. The summed E-state index contributed by atoms with van der Waals surface area (Å²) in [5.74, 6) is -0.828. The Hall–Kier alpha value is -1.91. The van der Waals surface area contributed by atoms with Crippen LogP contribution in [0.4, 0.5) is 5.82 Å². The van der Waals surface area contributed by atoms with Gasteiger partial charge in [-0.05, 0) is 36.6 Å². The predicted molar refractivity (Wildman–Crippen MR) is 135 cm³/mol. The molecule has 2 fully saturated rings. The average Bonchev–Trinajstić information content (AvgIpc) is 3.58. The van der Waals surface area contributed by atoms with Crippen molar-refractivity contribution in [1.82, 2.24) is 14.6 Å². The lowest BCUT2D eigenvalue weighted by molar-refractivity contribution is -0.150. The van der Waals surface area contributed by atoms with Crippen LogP contribution in [0.15, 0.2) is 12.1 Å². The van der Waals surface area contributed by atoms with Gasteiger partial charge in [0, 0.05) is 13.2 Å². The molecule has 0 aromatic carbocycles. The van der Waals surface area contributed by atoms with E-state index >= 15 is 0 Å². The number of hydrogen-bond donors (Lipinski definition) is 6. The van der Waals surface area contributed by atoms with E-state index in [1.54, 1.807) is 12.1 Å². The van der Waals surface area contributed by atoms with Gasteiger partial charge in [-0.25, -0.2) is 9.31 Å². The second kappa shape index (κ2) is 12.3. The number of fused-ring (bicyclic) bond motifs is 1. The highest BCUT2D eigenvalue weighted by Crippen LogP contribution is 2.52. The second-order valence-electron chi connectivity index (χ2n) is 9.61. The highest BCUT2D eigenvalue weighted by atomic mass is 35.5. The molecule has 15 nitrogen and oxygen atoms in total. The molecule has 2 aromatic heterocycles. The highest BCUT2D eigenvalue weighted by Gasteiger charge is 2.52. The number of ether oxygens (including phenoxy) is 4. The Morgan fingerprint density at radius 3 is 2.62 bits per heavy atom. The third-order valence-electron chi connectivity index (χ3n) is 6.83. The topological polar surface area (TPSA) is 214 Å². The van der Waals surface area contributed by atoms with Crippen LogP contribution in [0.2, 0.25) is 5.28 Å². The van der Waals surface area contributed by atoms with Crippen LogP contribution in [0.1, 0.15) is 37.5 Å². The first-order valence-electron chi connectivity index (χ1n) is 12.3. The van der Waals surface area contributed by atoms with Crippen LogP contribution in [0.3, 0.4) is 0 Å². The van der Waals surface area contributed by atoms with Gasteiger partial charge in [-0.1, -0.05) is 12.8 Å². The molecule has 17 heteroatoms. The van der Waals surface area contributed by atoms with Crippen LogP contribution in [0, 0.1) is 0 Å². The molecule has 1 aliphatic heterocycles. The van der Waals surface area contributed by atoms with E-state index in [0.29, 0.717) is 17.0 Å². The zero-order chi connectivity index (χ0) is 28.4. The molecule has 2 aliphatic rings. The van der Waals surface area contributed by atoms with Crippen molar-refractivity contribution >= 4 is 36.5 Å². The first-order valence-corrected chi connectivity index (χ1v) is 14.3. The molecule has 1 saturated carbocycles. The largest absolute Gasteiger partial charge is 0.480 e. The Morgan fingerprint density at radius 2 is 1.97 bits per heavy atom. The van der Waals surface area contributed by atoms with Crippen LogP contribution in [-0.4, -0.2) is 109 Å². The van der Waals surface area contributed by atoms with Gasteiger partial charge in [0.15, 0.2) is 5.82 Å². The number of aliphatic hydroxyl groups excluding tert-OH is 2. The van der Waals surface area contributed by atoms with Crippen LogP contribution >= 0.6 is 19.2 Å². The Labute approximate surface area is 228 Å². The molecule has 39 heavy (non-hydrogen) atoms. The maximum atomic E-state index is 12.3. The molecular weight excluding hydrogens is 563 g/mol. The molecule has 1 unspecified atom stereocenters. The van der Waals surface area contributed by atoms with Crippen molar-refractivity contribution in [3.63, 3.8) is 0 Å². The molecule has 218 valence electrons. The second-order valence-corrected chi connectivity index (χ2v) is 11.8. The monoisotopic (exact) mass is 594 g/mol. The van der Waals surface area contributed by atoms with Crippen molar-refractivity contribution in [3.8, 4) is 0 Å². The molecule has 2 aromatic rings. The fraction of sp³-hybridized carbons (Fsp3) is 0.682. The lowest BCUT2D eigenvalue weighted by Crippen LogP contribution is -2.46. The van der Waals surface area contributed by atoms with Gasteiger partial charge in [-0.3, -0.25) is 4.57 Å². The van der Waals surface area contributed by atoms with Crippen molar-refractivity contribution in [1.29, 1.82) is 0 Å². The minimum absolute atomic E-state index is 0.0410. The molecule has 5 atom stereocenters. The van der Waals surface area contributed by atoms with Crippen molar-refractivity contribution in [2.24, 2.45) is 0 Å². The van der Waals surface area contributed by atoms with Gasteiger partial charge in [0.05, 0.1) is 25.5 Å². The van der Waals surface area contributed by atoms with E-state index in [1.807, 2.05) is 0 Å². The SMILES string of the molecule is COCC(COCC(=O)O)(OC[C@H]1O[C@@H](c2ccc3c(NC4CCCC4)nc(Cl)nn23)[C@H](O)[C@@H]1O)P(=O)(O)O. The molecule has 0 spiro atoms. The summed E-state index contributed by atoms with van der Waals surface area (Å²) in [4.78, 5) is 35.1. The van der Waals surface area contributed by atoms with Gasteiger partial charge in [0.1, 0.15) is 36.5 Å². The number of carboxylic acids is 1. The van der Waals surface area contributed by atoms with Crippen molar-refractivity contribution in [3.05, 3.63) is 23.1 Å². The maximum Gasteiger partial charge on any atom is 0.361 e. The minimum atomic E-state index is -5.10. The number of nitrogens with one attached hydrogen (secondary N) is 1. The van der Waals surface area contributed by atoms with Crippen LogP contribution in [-0.2, 0) is 28.3 Å². The molecule has 6 N–H and O–H groups in total. The molecule has 4 rings (SSSR count). The Morgan fingerprint density at radius 1 is 1.26 bits per heavy atom. The summed E-state index contributed by atoms with van der Waals surface area (Å²) in [6, 6.07) is 3.62. The minimum Gasteiger partial charge on any atom is -0.480 e. The number of aliphatic carboxylic acids is 1. The van der Waals surface area contributed by atoms with E-state index in [4.69, 9.17) is 35.7 Å². The number of carbonyl (C=O) groups is 1. The van der Waals surface area contributed by atoms with Crippen LogP contribution in [0.5, 0.6) is 0 Å². The van der Waals surface area contributed by atoms with Gasteiger partial charge in [0.2, 0.25) is 10.6 Å². The third kappa shape index (κ3) is 6.54. The number of halogens is 1. The molecule has 0 radical (unpaired) electrons. The van der Waals surface area contributed by atoms with Gasteiger partial charge in [-0.15, -0.1) is 5.10 Å². The number of aliphatic hydroxyl groups is 2. The number of carboxylic acid groups (broad SMARTS) is 1. The van der Waals surface area contributed by atoms with E-state index in [0.717, 1.165) is 25.7 Å². The predicted octanol–water partition coefficient (Wildman–Crippen LogP) is 0.537. The summed E-state index contributed by atoms with van der Waals surface area (Å²) >= 11 is 6.18. The van der Waals surface area contributed by atoms with Crippen molar-refractivity contribution in [2.45, 2.75) is 61.5 Å². The Kier molecular flexibility index (Phi) is 9.49.